The molecule has 0 aliphatic rings. The lowest BCUT2D eigenvalue weighted by Gasteiger charge is -1.95. The van der Waals surface area contributed by atoms with Crippen LogP contribution in [0, 0.1) is 5.92 Å². The Morgan fingerprint density at radius 1 is 1.55 bits per heavy atom. The molecule has 0 aromatic heterocycles. The average molecular weight is 154 g/mol. The fourth-order valence-corrected chi connectivity index (χ4v) is 0.792. The van der Waals surface area contributed by atoms with Crippen molar-refractivity contribution in [2.24, 2.45) is 5.92 Å². The van der Waals surface area contributed by atoms with Gasteiger partial charge in [-0.2, -0.15) is 0 Å². The van der Waals surface area contributed by atoms with Crippen molar-refractivity contribution >= 4 is 0 Å². The molecule has 0 aliphatic heterocycles. The Labute approximate surface area is 69.4 Å². The second-order valence-electron chi connectivity index (χ2n) is 3.13. The monoisotopic (exact) mass is 154 g/mol. The van der Waals surface area contributed by atoms with Crippen LogP contribution in [-0.4, -0.2) is 5.11 Å². The van der Waals surface area contributed by atoms with Crippen LogP contribution < -0.4 is 0 Å². The summed E-state index contributed by atoms with van der Waals surface area (Å²) in [5, 5.41) is 8.74. The Morgan fingerprint density at radius 2 is 2.18 bits per heavy atom. The smallest absolute Gasteiger partial charge is 0.0851 e. The van der Waals surface area contributed by atoms with Gasteiger partial charge in [-0.15, -0.1) is 0 Å². The molecule has 64 valence electrons. The Kier molecular flexibility index (Phi) is 5.63. The molecule has 0 unspecified atom stereocenters. The number of rotatable bonds is 5. The third-order valence-corrected chi connectivity index (χ3v) is 1.36. The molecule has 0 atom stereocenters. The zero-order valence-electron chi connectivity index (χ0n) is 7.51. The third kappa shape index (κ3) is 9.28. The van der Waals surface area contributed by atoms with E-state index >= 15 is 0 Å². The van der Waals surface area contributed by atoms with E-state index in [4.69, 9.17) is 5.11 Å². The van der Waals surface area contributed by atoms with Crippen LogP contribution >= 0.6 is 0 Å². The van der Waals surface area contributed by atoms with Crippen molar-refractivity contribution in [2.45, 2.75) is 33.1 Å². The van der Waals surface area contributed by atoms with Crippen molar-refractivity contribution in [3.8, 4) is 0 Å². The van der Waals surface area contributed by atoms with Crippen molar-refractivity contribution in [3.63, 3.8) is 0 Å². The van der Waals surface area contributed by atoms with Gasteiger partial charge in [-0.1, -0.05) is 32.6 Å². The van der Waals surface area contributed by atoms with Crippen LogP contribution in [0.3, 0.4) is 0 Å². The molecule has 0 saturated carbocycles. The number of hydrogen-bond donors (Lipinski definition) is 1. The molecule has 0 rings (SSSR count). The Morgan fingerprint density at radius 3 is 2.64 bits per heavy atom. The van der Waals surface area contributed by atoms with Crippen LogP contribution in [-0.2, 0) is 0 Å². The summed E-state index contributed by atoms with van der Waals surface area (Å²) in [5.74, 6) is 0.926. The van der Waals surface area contributed by atoms with Crippen molar-refractivity contribution < 1.29 is 5.11 Å². The average Bonchev–Trinajstić information content (AvgIpc) is 1.85. The van der Waals surface area contributed by atoms with Gasteiger partial charge in [0.15, 0.2) is 0 Å². The van der Waals surface area contributed by atoms with E-state index < -0.39 is 0 Å². The van der Waals surface area contributed by atoms with E-state index in [9.17, 15) is 0 Å². The van der Waals surface area contributed by atoms with Gasteiger partial charge in [-0.25, -0.2) is 0 Å². The van der Waals surface area contributed by atoms with Crippen LogP contribution in [0.2, 0.25) is 0 Å². The SMILES string of the molecule is C=C(O)CCCC=CC(C)C. The van der Waals surface area contributed by atoms with Gasteiger partial charge in [0.2, 0.25) is 0 Å². The van der Waals surface area contributed by atoms with E-state index in [2.05, 4.69) is 32.6 Å². The summed E-state index contributed by atoms with van der Waals surface area (Å²) < 4.78 is 0. The minimum Gasteiger partial charge on any atom is -0.513 e. The van der Waals surface area contributed by atoms with E-state index in [1.165, 1.54) is 0 Å². The van der Waals surface area contributed by atoms with E-state index in [1.807, 2.05) is 0 Å². The molecule has 1 nitrogen and oxygen atoms in total. The van der Waals surface area contributed by atoms with E-state index in [0.29, 0.717) is 11.7 Å². The van der Waals surface area contributed by atoms with E-state index in [-0.39, 0.29) is 0 Å². The highest BCUT2D eigenvalue weighted by Crippen LogP contribution is 2.03. The number of unbranched alkanes of at least 4 members (excludes halogenated alkanes) is 1. The molecular formula is C10H18O. The highest BCUT2D eigenvalue weighted by Gasteiger charge is 1.88. The van der Waals surface area contributed by atoms with Crippen LogP contribution in [0.25, 0.3) is 0 Å². The Balaban J connectivity index is 3.20. The second-order valence-corrected chi connectivity index (χ2v) is 3.13. The van der Waals surface area contributed by atoms with Gasteiger partial charge in [-0.05, 0) is 18.8 Å². The lowest BCUT2D eigenvalue weighted by Crippen LogP contribution is -1.80. The molecule has 0 aromatic carbocycles. The van der Waals surface area contributed by atoms with Gasteiger partial charge in [0, 0.05) is 6.42 Å². The lowest BCUT2D eigenvalue weighted by atomic mass is 10.1. The molecule has 0 radical (unpaired) electrons. The number of allylic oxidation sites excluding steroid dienone is 3. The molecule has 0 aromatic rings. The zero-order valence-corrected chi connectivity index (χ0v) is 7.51. The first-order chi connectivity index (χ1) is 5.13. The summed E-state index contributed by atoms with van der Waals surface area (Å²) in [6, 6.07) is 0. The van der Waals surface area contributed by atoms with Gasteiger partial charge < -0.3 is 5.11 Å². The summed E-state index contributed by atoms with van der Waals surface area (Å²) in [5.41, 5.74) is 0. The maximum atomic E-state index is 8.74. The molecule has 0 heterocycles. The van der Waals surface area contributed by atoms with Gasteiger partial charge in [0.25, 0.3) is 0 Å². The summed E-state index contributed by atoms with van der Waals surface area (Å²) in [6.07, 6.45) is 7.10. The molecule has 0 bridgehead atoms. The Hall–Kier alpha value is -0.720. The highest BCUT2D eigenvalue weighted by molar-refractivity contribution is 4.86. The van der Waals surface area contributed by atoms with Crippen molar-refractivity contribution in [1.29, 1.82) is 0 Å². The van der Waals surface area contributed by atoms with Crippen molar-refractivity contribution in [3.05, 3.63) is 24.5 Å². The predicted octanol–water partition coefficient (Wildman–Crippen LogP) is 3.44. The van der Waals surface area contributed by atoms with Gasteiger partial charge >= 0.3 is 0 Å². The fourth-order valence-electron chi connectivity index (χ4n) is 0.792. The van der Waals surface area contributed by atoms with Crippen LogP contribution in [0.5, 0.6) is 0 Å². The molecular weight excluding hydrogens is 136 g/mol. The van der Waals surface area contributed by atoms with Gasteiger partial charge in [0.1, 0.15) is 0 Å². The summed E-state index contributed by atoms with van der Waals surface area (Å²) >= 11 is 0. The Bertz CT molecular complexity index is 134. The summed E-state index contributed by atoms with van der Waals surface area (Å²) in [4.78, 5) is 0. The first kappa shape index (κ1) is 10.3. The largest absolute Gasteiger partial charge is 0.513 e. The molecule has 11 heavy (non-hydrogen) atoms. The molecule has 0 spiro atoms. The van der Waals surface area contributed by atoms with E-state index in [0.717, 1.165) is 19.3 Å². The first-order valence-electron chi connectivity index (χ1n) is 4.16. The normalized spacial score (nSPS) is 11.2. The minimum absolute atomic E-state index is 0.294. The number of hydrogen-bond acceptors (Lipinski definition) is 1. The third-order valence-electron chi connectivity index (χ3n) is 1.36. The highest BCUT2D eigenvalue weighted by atomic mass is 16.3. The van der Waals surface area contributed by atoms with Crippen molar-refractivity contribution in [1.82, 2.24) is 0 Å². The van der Waals surface area contributed by atoms with Crippen LogP contribution in [0.15, 0.2) is 24.5 Å². The van der Waals surface area contributed by atoms with Crippen LogP contribution in [0.4, 0.5) is 0 Å². The lowest BCUT2D eigenvalue weighted by molar-refractivity contribution is 0.387. The predicted molar refractivity (Wildman–Crippen MR) is 49.6 cm³/mol. The molecule has 1 heteroatoms. The zero-order chi connectivity index (χ0) is 8.69. The first-order valence-corrected chi connectivity index (χ1v) is 4.16. The van der Waals surface area contributed by atoms with Crippen molar-refractivity contribution in [2.75, 3.05) is 0 Å². The molecule has 0 aliphatic carbocycles. The fraction of sp³-hybridized carbons (Fsp3) is 0.600. The van der Waals surface area contributed by atoms with Crippen LogP contribution in [0.1, 0.15) is 33.1 Å². The molecule has 0 fully saturated rings. The number of aliphatic hydroxyl groups excluding tert-OH is 1. The quantitative estimate of drug-likeness (QED) is 0.365. The maximum absolute atomic E-state index is 8.74. The molecule has 0 saturated heterocycles. The molecule has 1 N–H and O–H groups in total. The van der Waals surface area contributed by atoms with Gasteiger partial charge in [0.05, 0.1) is 5.76 Å². The van der Waals surface area contributed by atoms with Gasteiger partial charge in [-0.3, -0.25) is 0 Å². The summed E-state index contributed by atoms with van der Waals surface area (Å²) in [6.45, 7) is 7.73. The standard InChI is InChI=1S/C10H18O/c1-9(2)7-5-4-6-8-10(3)11/h5,7,9,11H,3-4,6,8H2,1-2H3. The molecule has 0 amide bonds. The number of aliphatic hydroxyl groups is 1. The summed E-state index contributed by atoms with van der Waals surface area (Å²) in [7, 11) is 0. The minimum atomic E-state index is 0.294. The topological polar surface area (TPSA) is 20.2 Å². The second kappa shape index (κ2) is 6.02. The van der Waals surface area contributed by atoms with E-state index in [1.54, 1.807) is 0 Å². The maximum Gasteiger partial charge on any atom is 0.0851 e.